The zero-order chi connectivity index (χ0) is 20.6. The average molecular weight is 413 g/mol. The van der Waals surface area contributed by atoms with Crippen molar-refractivity contribution in [1.29, 1.82) is 0 Å². The van der Waals surface area contributed by atoms with Crippen molar-refractivity contribution in [2.75, 3.05) is 31.1 Å². The molecule has 1 aliphatic heterocycles. The molecule has 0 N–H and O–H groups in total. The lowest BCUT2D eigenvalue weighted by molar-refractivity contribution is -0.117. The molecule has 0 aromatic heterocycles. The minimum absolute atomic E-state index is 0.166. The first-order valence-corrected chi connectivity index (χ1v) is 11.7. The number of hydrogen-bond donors (Lipinski definition) is 0. The number of ketones is 1. The molecule has 1 saturated heterocycles. The number of anilines is 1. The van der Waals surface area contributed by atoms with Gasteiger partial charge in [0.15, 0.2) is 0 Å². The third-order valence-electron chi connectivity index (χ3n) is 6.06. The average Bonchev–Trinajstić information content (AvgIpc) is 3.10. The first-order chi connectivity index (χ1) is 13.8. The summed E-state index contributed by atoms with van der Waals surface area (Å²) in [6.45, 7) is 6.00. The molecule has 1 unspecified atom stereocenters. The third-order valence-corrected chi connectivity index (χ3v) is 8.05. The van der Waals surface area contributed by atoms with Crippen molar-refractivity contribution in [2.24, 2.45) is 5.92 Å². The largest absolute Gasteiger partial charge is 0.369 e. The SMILES string of the molecule is CC(=O)CC1Cc2cccc(S(=O)(=O)N3CCN(c4ccc(C)cc4)CC3)c2C1. The maximum absolute atomic E-state index is 13.4. The van der Waals surface area contributed by atoms with Crippen LogP contribution in [0, 0.1) is 12.8 Å². The predicted octanol–water partition coefficient (Wildman–Crippen LogP) is 3.20. The summed E-state index contributed by atoms with van der Waals surface area (Å²) in [4.78, 5) is 14.2. The Balaban J connectivity index is 1.50. The number of piperazine rings is 1. The minimum Gasteiger partial charge on any atom is -0.369 e. The van der Waals surface area contributed by atoms with E-state index in [-0.39, 0.29) is 11.7 Å². The Morgan fingerprint density at radius 3 is 2.34 bits per heavy atom. The summed E-state index contributed by atoms with van der Waals surface area (Å²) in [5.74, 6) is 0.386. The van der Waals surface area contributed by atoms with Crippen molar-refractivity contribution >= 4 is 21.5 Å². The van der Waals surface area contributed by atoms with E-state index in [9.17, 15) is 13.2 Å². The van der Waals surface area contributed by atoms with Crippen molar-refractivity contribution in [2.45, 2.75) is 38.0 Å². The van der Waals surface area contributed by atoms with Gasteiger partial charge in [0.2, 0.25) is 10.0 Å². The molecule has 1 fully saturated rings. The van der Waals surface area contributed by atoms with E-state index < -0.39 is 10.0 Å². The molecule has 1 atom stereocenters. The number of sulfonamides is 1. The number of nitrogens with zero attached hydrogens (tertiary/aromatic N) is 2. The van der Waals surface area contributed by atoms with Crippen molar-refractivity contribution in [3.05, 3.63) is 59.2 Å². The normalized spacial score (nSPS) is 19.9. The molecule has 2 aromatic rings. The van der Waals surface area contributed by atoms with Crippen molar-refractivity contribution in [3.8, 4) is 0 Å². The lowest BCUT2D eigenvalue weighted by atomic mass is 10.0. The molecule has 2 aromatic carbocycles. The maximum atomic E-state index is 13.4. The van der Waals surface area contributed by atoms with Crippen LogP contribution in [0.25, 0.3) is 0 Å². The van der Waals surface area contributed by atoms with Crippen molar-refractivity contribution < 1.29 is 13.2 Å². The zero-order valence-electron chi connectivity index (χ0n) is 17.1. The smallest absolute Gasteiger partial charge is 0.243 e. The molecule has 0 saturated carbocycles. The van der Waals surface area contributed by atoms with Gasteiger partial charge in [0.1, 0.15) is 5.78 Å². The molecule has 154 valence electrons. The summed E-state index contributed by atoms with van der Waals surface area (Å²) in [5, 5.41) is 0. The number of carbonyl (C=O) groups is 1. The van der Waals surface area contributed by atoms with E-state index in [0.717, 1.165) is 23.2 Å². The van der Waals surface area contributed by atoms with Crippen LogP contribution >= 0.6 is 0 Å². The van der Waals surface area contributed by atoms with E-state index in [4.69, 9.17) is 0 Å². The molecule has 0 amide bonds. The fourth-order valence-corrected chi connectivity index (χ4v) is 6.28. The third kappa shape index (κ3) is 4.09. The highest BCUT2D eigenvalue weighted by Gasteiger charge is 2.34. The van der Waals surface area contributed by atoms with Gasteiger partial charge in [-0.3, -0.25) is 0 Å². The summed E-state index contributed by atoms with van der Waals surface area (Å²) in [6.07, 6.45) is 1.98. The summed E-state index contributed by atoms with van der Waals surface area (Å²) in [5.41, 5.74) is 4.35. The van der Waals surface area contributed by atoms with Crippen molar-refractivity contribution in [3.63, 3.8) is 0 Å². The zero-order valence-corrected chi connectivity index (χ0v) is 17.9. The molecule has 1 heterocycles. The predicted molar refractivity (Wildman–Crippen MR) is 115 cm³/mol. The van der Waals surface area contributed by atoms with E-state index in [1.807, 2.05) is 12.1 Å². The molecule has 6 heteroatoms. The molecule has 1 aliphatic carbocycles. The molecular weight excluding hydrogens is 384 g/mol. The van der Waals surface area contributed by atoms with Crippen LogP contribution < -0.4 is 4.90 Å². The monoisotopic (exact) mass is 412 g/mol. The Labute approximate surface area is 173 Å². The topological polar surface area (TPSA) is 57.7 Å². The fraction of sp³-hybridized carbons (Fsp3) is 0.435. The van der Waals surface area contributed by atoms with Gasteiger partial charge in [-0.1, -0.05) is 29.8 Å². The second-order valence-corrected chi connectivity index (χ2v) is 10.2. The van der Waals surface area contributed by atoms with Crippen LogP contribution in [0.5, 0.6) is 0 Å². The summed E-state index contributed by atoms with van der Waals surface area (Å²) in [7, 11) is -3.53. The molecular formula is C23H28N2O3S. The van der Waals surface area contributed by atoms with Gasteiger partial charge in [0.25, 0.3) is 0 Å². The Hall–Kier alpha value is -2.18. The van der Waals surface area contributed by atoms with Crippen LogP contribution in [0.4, 0.5) is 5.69 Å². The van der Waals surface area contributed by atoms with Gasteiger partial charge in [-0.05, 0) is 61.9 Å². The number of aryl methyl sites for hydroxylation is 1. The van der Waals surface area contributed by atoms with Gasteiger partial charge in [-0.15, -0.1) is 0 Å². The molecule has 29 heavy (non-hydrogen) atoms. The van der Waals surface area contributed by atoms with Gasteiger partial charge in [-0.25, -0.2) is 8.42 Å². The van der Waals surface area contributed by atoms with E-state index in [1.165, 1.54) is 5.56 Å². The molecule has 5 nitrogen and oxygen atoms in total. The highest BCUT2D eigenvalue weighted by Crippen LogP contribution is 2.35. The molecule has 4 rings (SSSR count). The quantitative estimate of drug-likeness (QED) is 0.757. The second kappa shape index (κ2) is 7.92. The Morgan fingerprint density at radius 2 is 1.69 bits per heavy atom. The van der Waals surface area contributed by atoms with Gasteiger partial charge in [0, 0.05) is 38.3 Å². The summed E-state index contributed by atoms with van der Waals surface area (Å²) >= 11 is 0. The lowest BCUT2D eigenvalue weighted by Crippen LogP contribution is -2.48. The highest BCUT2D eigenvalue weighted by atomic mass is 32.2. The van der Waals surface area contributed by atoms with Crippen LogP contribution in [0.1, 0.15) is 30.0 Å². The standard InChI is InChI=1S/C23H28N2O3S/c1-17-6-8-21(9-7-17)24-10-12-25(13-11-24)29(27,28)23-5-3-4-20-15-19(14-18(2)26)16-22(20)23/h3-9,19H,10-16H2,1-2H3. The number of hydrogen-bond acceptors (Lipinski definition) is 4. The first kappa shape index (κ1) is 20.1. The van der Waals surface area contributed by atoms with Crippen LogP contribution in [0.2, 0.25) is 0 Å². The van der Waals surface area contributed by atoms with Gasteiger partial charge < -0.3 is 9.69 Å². The first-order valence-electron chi connectivity index (χ1n) is 10.3. The van der Waals surface area contributed by atoms with E-state index >= 15 is 0 Å². The van der Waals surface area contributed by atoms with Crippen molar-refractivity contribution in [1.82, 2.24) is 4.31 Å². The molecule has 0 bridgehead atoms. The van der Waals surface area contributed by atoms with Gasteiger partial charge in [0.05, 0.1) is 4.90 Å². The van der Waals surface area contributed by atoms with Crippen LogP contribution in [0.3, 0.4) is 0 Å². The van der Waals surface area contributed by atoms with E-state index in [1.54, 1.807) is 17.3 Å². The van der Waals surface area contributed by atoms with Gasteiger partial charge in [-0.2, -0.15) is 4.31 Å². The highest BCUT2D eigenvalue weighted by molar-refractivity contribution is 7.89. The second-order valence-electron chi connectivity index (χ2n) is 8.30. The lowest BCUT2D eigenvalue weighted by Gasteiger charge is -2.35. The van der Waals surface area contributed by atoms with Gasteiger partial charge >= 0.3 is 0 Å². The molecule has 2 aliphatic rings. The maximum Gasteiger partial charge on any atom is 0.243 e. The van der Waals surface area contributed by atoms with Crippen LogP contribution in [0.15, 0.2) is 47.4 Å². The number of benzene rings is 2. The number of carbonyl (C=O) groups excluding carboxylic acids is 1. The Kier molecular flexibility index (Phi) is 5.49. The van der Waals surface area contributed by atoms with Crippen LogP contribution in [-0.2, 0) is 27.7 Å². The van der Waals surface area contributed by atoms with E-state index in [0.29, 0.717) is 43.9 Å². The summed E-state index contributed by atoms with van der Waals surface area (Å²) < 4.78 is 28.4. The molecule has 0 radical (unpaired) electrons. The number of fused-ring (bicyclic) bond motifs is 1. The van der Waals surface area contributed by atoms with Crippen LogP contribution in [-0.4, -0.2) is 44.7 Å². The minimum atomic E-state index is -3.53. The Morgan fingerprint density at radius 1 is 1.00 bits per heavy atom. The number of Topliss-reactive ketones (excluding diaryl/α,β-unsaturated/α-hetero) is 1. The molecule has 0 spiro atoms. The summed E-state index contributed by atoms with van der Waals surface area (Å²) in [6, 6.07) is 13.9. The van der Waals surface area contributed by atoms with E-state index in [2.05, 4.69) is 36.1 Å². The fourth-order valence-electron chi connectivity index (χ4n) is 4.58. The number of rotatable bonds is 5. The Bertz CT molecular complexity index is 1010.